The number of esters is 1. The minimum atomic E-state index is -0.498. The van der Waals surface area contributed by atoms with Crippen LogP contribution < -0.4 is 5.32 Å². The average molecular weight is 345 g/mol. The van der Waals surface area contributed by atoms with Crippen LogP contribution >= 0.6 is 0 Å². The van der Waals surface area contributed by atoms with Crippen molar-refractivity contribution in [2.24, 2.45) is 0 Å². The van der Waals surface area contributed by atoms with Gasteiger partial charge in [0.1, 0.15) is 5.60 Å². The molecule has 0 fully saturated rings. The molecule has 136 valence electrons. The van der Waals surface area contributed by atoms with E-state index in [1.165, 1.54) is 17.2 Å². The third kappa shape index (κ3) is 6.25. The summed E-state index contributed by atoms with van der Waals surface area (Å²) in [6.07, 6.45) is 5.38. The van der Waals surface area contributed by atoms with Crippen molar-refractivity contribution in [1.29, 1.82) is 0 Å². The Bertz CT molecular complexity index is 658. The molecule has 2 rings (SSSR count). The lowest BCUT2D eigenvalue weighted by atomic mass is 9.87. The zero-order valence-electron chi connectivity index (χ0n) is 15.4. The Labute approximate surface area is 149 Å². The number of benzene rings is 1. The molecule has 0 heterocycles. The molecule has 1 aromatic carbocycles. The van der Waals surface area contributed by atoms with Crippen molar-refractivity contribution in [3.05, 3.63) is 41.0 Å². The third-order valence-corrected chi connectivity index (χ3v) is 3.88. The Balaban J connectivity index is 2.00. The number of ether oxygens (including phenoxy) is 2. The maximum Gasteiger partial charge on any atom is 0.407 e. The van der Waals surface area contributed by atoms with Crippen molar-refractivity contribution in [3.8, 4) is 0 Å². The van der Waals surface area contributed by atoms with Gasteiger partial charge in [-0.25, -0.2) is 9.59 Å². The normalized spacial score (nSPS) is 17.0. The van der Waals surface area contributed by atoms with E-state index >= 15 is 0 Å². The van der Waals surface area contributed by atoms with Crippen molar-refractivity contribution < 1.29 is 19.1 Å². The predicted molar refractivity (Wildman–Crippen MR) is 97.3 cm³/mol. The summed E-state index contributed by atoms with van der Waals surface area (Å²) in [5, 5.41) is 2.95. The Morgan fingerprint density at radius 1 is 1.28 bits per heavy atom. The summed E-state index contributed by atoms with van der Waals surface area (Å²) in [4.78, 5) is 23.4. The molecule has 1 aliphatic carbocycles. The van der Waals surface area contributed by atoms with Gasteiger partial charge < -0.3 is 14.8 Å². The second-order valence-corrected chi connectivity index (χ2v) is 7.20. The van der Waals surface area contributed by atoms with Crippen LogP contribution in [0.15, 0.2) is 24.3 Å². The molecule has 1 atom stereocenters. The van der Waals surface area contributed by atoms with E-state index in [0.717, 1.165) is 24.8 Å². The summed E-state index contributed by atoms with van der Waals surface area (Å²) in [6, 6.07) is 6.21. The molecule has 0 saturated carbocycles. The molecule has 0 spiro atoms. The van der Waals surface area contributed by atoms with Gasteiger partial charge in [-0.05, 0) is 69.7 Å². The van der Waals surface area contributed by atoms with Crippen molar-refractivity contribution >= 4 is 18.1 Å². The van der Waals surface area contributed by atoms with Crippen molar-refractivity contribution in [3.63, 3.8) is 0 Å². The first-order chi connectivity index (χ1) is 11.8. The molecule has 0 aliphatic heterocycles. The van der Waals surface area contributed by atoms with Gasteiger partial charge >= 0.3 is 12.1 Å². The monoisotopic (exact) mass is 345 g/mol. The summed E-state index contributed by atoms with van der Waals surface area (Å²) in [5.74, 6) is -0.343. The quantitative estimate of drug-likeness (QED) is 0.668. The highest BCUT2D eigenvalue weighted by atomic mass is 16.6. The van der Waals surface area contributed by atoms with E-state index in [2.05, 4.69) is 17.4 Å². The Morgan fingerprint density at radius 3 is 2.72 bits per heavy atom. The van der Waals surface area contributed by atoms with E-state index in [1.54, 1.807) is 13.0 Å². The molecule has 1 aromatic rings. The molecule has 25 heavy (non-hydrogen) atoms. The molecule has 0 bridgehead atoms. The zero-order valence-corrected chi connectivity index (χ0v) is 15.4. The summed E-state index contributed by atoms with van der Waals surface area (Å²) in [6.45, 7) is 7.70. The summed E-state index contributed by atoms with van der Waals surface area (Å²) in [7, 11) is 0. The smallest absolute Gasteiger partial charge is 0.407 e. The molecular weight excluding hydrogens is 318 g/mol. The lowest BCUT2D eigenvalue weighted by molar-refractivity contribution is -0.137. The molecule has 1 aliphatic rings. The van der Waals surface area contributed by atoms with Gasteiger partial charge in [0.2, 0.25) is 0 Å². The van der Waals surface area contributed by atoms with Crippen LogP contribution in [-0.2, 0) is 27.1 Å². The number of carbonyl (C=O) groups is 2. The molecule has 0 unspecified atom stereocenters. The maximum atomic E-state index is 11.9. The topological polar surface area (TPSA) is 64.6 Å². The van der Waals surface area contributed by atoms with Crippen LogP contribution in [0.5, 0.6) is 0 Å². The average Bonchev–Trinajstić information content (AvgIpc) is 2.51. The number of alkyl carbamates (subject to hydrolysis) is 1. The minimum Gasteiger partial charge on any atom is -0.463 e. The number of hydrogen-bond acceptors (Lipinski definition) is 4. The van der Waals surface area contributed by atoms with E-state index in [1.807, 2.05) is 26.8 Å². The van der Waals surface area contributed by atoms with Gasteiger partial charge in [0.25, 0.3) is 0 Å². The van der Waals surface area contributed by atoms with E-state index in [-0.39, 0.29) is 18.1 Å². The largest absolute Gasteiger partial charge is 0.463 e. The molecule has 5 heteroatoms. The molecular formula is C20H27NO4. The van der Waals surface area contributed by atoms with Gasteiger partial charge in [0, 0.05) is 12.1 Å². The lowest BCUT2D eigenvalue weighted by Crippen LogP contribution is -2.41. The Kier molecular flexibility index (Phi) is 6.23. The predicted octanol–water partition coefficient (Wildman–Crippen LogP) is 3.64. The van der Waals surface area contributed by atoms with E-state index in [0.29, 0.717) is 6.61 Å². The van der Waals surface area contributed by atoms with Crippen LogP contribution in [0.3, 0.4) is 0 Å². The van der Waals surface area contributed by atoms with Crippen LogP contribution in [0.25, 0.3) is 6.08 Å². The van der Waals surface area contributed by atoms with Crippen molar-refractivity contribution in [2.45, 2.75) is 58.6 Å². The second-order valence-electron chi connectivity index (χ2n) is 7.20. The van der Waals surface area contributed by atoms with E-state index in [4.69, 9.17) is 9.47 Å². The minimum absolute atomic E-state index is 0.0617. The van der Waals surface area contributed by atoms with Crippen LogP contribution in [-0.4, -0.2) is 30.3 Å². The fourth-order valence-corrected chi connectivity index (χ4v) is 2.83. The highest BCUT2D eigenvalue weighted by molar-refractivity contribution is 5.87. The van der Waals surface area contributed by atoms with Crippen LogP contribution in [0.2, 0.25) is 0 Å². The Hall–Kier alpha value is -2.30. The molecule has 0 saturated heterocycles. The van der Waals surface area contributed by atoms with Gasteiger partial charge in [-0.1, -0.05) is 18.2 Å². The summed E-state index contributed by atoms with van der Waals surface area (Å²) < 4.78 is 10.2. The fraction of sp³-hybridized carbons (Fsp3) is 0.500. The summed E-state index contributed by atoms with van der Waals surface area (Å²) in [5.41, 5.74) is 2.93. The Morgan fingerprint density at radius 2 is 2.04 bits per heavy atom. The molecule has 1 N–H and O–H groups in total. The number of amides is 1. The van der Waals surface area contributed by atoms with Gasteiger partial charge in [-0.2, -0.15) is 0 Å². The van der Waals surface area contributed by atoms with Crippen LogP contribution in [0, 0.1) is 0 Å². The molecule has 1 amide bonds. The second kappa shape index (κ2) is 8.19. The highest BCUT2D eigenvalue weighted by Gasteiger charge is 2.23. The van der Waals surface area contributed by atoms with Gasteiger partial charge in [0.05, 0.1) is 6.61 Å². The molecule has 0 aromatic heterocycles. The number of aryl methyl sites for hydroxylation is 1. The van der Waals surface area contributed by atoms with Crippen LogP contribution in [0.1, 0.15) is 50.8 Å². The molecule has 5 nitrogen and oxygen atoms in total. The van der Waals surface area contributed by atoms with Crippen LogP contribution in [0.4, 0.5) is 4.79 Å². The van der Waals surface area contributed by atoms with Gasteiger partial charge in [0.15, 0.2) is 0 Å². The lowest BCUT2D eigenvalue weighted by Gasteiger charge is -2.27. The first kappa shape index (κ1) is 19.0. The maximum absolute atomic E-state index is 11.9. The first-order valence-electron chi connectivity index (χ1n) is 8.73. The highest BCUT2D eigenvalue weighted by Crippen LogP contribution is 2.23. The fourth-order valence-electron chi connectivity index (χ4n) is 2.83. The number of nitrogens with one attached hydrogen (secondary N) is 1. The van der Waals surface area contributed by atoms with E-state index in [9.17, 15) is 9.59 Å². The van der Waals surface area contributed by atoms with Crippen molar-refractivity contribution in [1.82, 2.24) is 5.32 Å². The first-order valence-corrected chi connectivity index (χ1v) is 8.73. The van der Waals surface area contributed by atoms with Crippen molar-refractivity contribution in [2.75, 3.05) is 6.61 Å². The number of hydrogen-bond donors (Lipinski definition) is 1. The molecule has 0 radical (unpaired) electrons. The standard InChI is InChI=1S/C20H27NO4/c1-5-24-18(22)11-7-14-6-8-15-9-10-17(13-16(15)12-14)21-19(23)25-20(2,3)4/h6-8,11-12,17H,5,9-10,13H2,1-4H3,(H,21,23)/t17-/m0/s1. The van der Waals surface area contributed by atoms with E-state index < -0.39 is 5.60 Å². The SMILES string of the molecule is CCOC(=O)C=Cc1ccc2c(c1)C[C@@H](NC(=O)OC(C)(C)C)CC2. The number of fused-ring (bicyclic) bond motifs is 1. The summed E-state index contributed by atoms with van der Waals surface area (Å²) >= 11 is 0. The third-order valence-electron chi connectivity index (χ3n) is 3.88. The number of carbonyl (C=O) groups excluding carboxylic acids is 2. The zero-order chi connectivity index (χ0) is 18.4. The number of rotatable bonds is 4. The van der Waals surface area contributed by atoms with Gasteiger partial charge in [-0.15, -0.1) is 0 Å². The van der Waals surface area contributed by atoms with Gasteiger partial charge in [-0.3, -0.25) is 0 Å².